The number of hydrogen-bond donors (Lipinski definition) is 0. The Hall–Kier alpha value is -1.59. The largest absolute Gasteiger partial charge is 0.495 e. The number of rotatable bonds is 4. The maximum absolute atomic E-state index is 6.27. The average molecular weight is 333 g/mol. The van der Waals surface area contributed by atoms with Crippen LogP contribution in [0.5, 0.6) is 5.75 Å². The summed E-state index contributed by atoms with van der Waals surface area (Å²) in [6.45, 7) is 2.74. The maximum Gasteiger partial charge on any atom is 0.146 e. The molecule has 122 valence electrons. The van der Waals surface area contributed by atoms with Gasteiger partial charge in [0, 0.05) is 26.1 Å². The van der Waals surface area contributed by atoms with Gasteiger partial charge in [-0.3, -0.25) is 4.90 Å². The van der Waals surface area contributed by atoms with E-state index < -0.39 is 0 Å². The molecule has 1 aliphatic carbocycles. The van der Waals surface area contributed by atoms with Gasteiger partial charge in [0.15, 0.2) is 0 Å². The first-order chi connectivity index (χ1) is 11.2. The normalized spacial score (nSPS) is 18.0. The molecule has 1 saturated carbocycles. The maximum atomic E-state index is 6.27. The molecule has 1 aromatic carbocycles. The monoisotopic (exact) mass is 332 g/mol. The molecule has 0 bridgehead atoms. The molecule has 6 heteroatoms. The molecule has 1 aromatic heterocycles. The molecule has 2 aliphatic rings. The number of methoxy groups -OCH3 is 1. The standard InChI is InChI=1S/C17H21ClN4O/c1-21-16(19-20-17(21)11-3-4-11)10-22-6-5-12-8-15(23-2)14(18)7-13(12)9-22/h7-8,11H,3-6,9-10H2,1-2H3. The van der Waals surface area contributed by atoms with Gasteiger partial charge in [-0.05, 0) is 42.5 Å². The van der Waals surface area contributed by atoms with E-state index in [4.69, 9.17) is 16.3 Å². The zero-order valence-corrected chi connectivity index (χ0v) is 14.3. The number of ether oxygens (including phenoxy) is 1. The lowest BCUT2D eigenvalue weighted by Gasteiger charge is -2.28. The fraction of sp³-hybridized carbons (Fsp3) is 0.529. The van der Waals surface area contributed by atoms with Crippen LogP contribution in [0, 0.1) is 0 Å². The van der Waals surface area contributed by atoms with E-state index in [1.54, 1.807) is 7.11 Å². The molecule has 0 radical (unpaired) electrons. The van der Waals surface area contributed by atoms with Gasteiger partial charge in [-0.1, -0.05) is 11.6 Å². The van der Waals surface area contributed by atoms with Crippen LogP contribution in [-0.2, 0) is 26.6 Å². The lowest BCUT2D eigenvalue weighted by molar-refractivity contribution is 0.236. The molecule has 0 amide bonds. The fourth-order valence-electron chi connectivity index (χ4n) is 3.32. The van der Waals surface area contributed by atoms with Crippen LogP contribution in [0.4, 0.5) is 0 Å². The van der Waals surface area contributed by atoms with Crippen molar-refractivity contribution in [2.75, 3.05) is 13.7 Å². The predicted octanol–water partition coefficient (Wildman–Crippen LogP) is 2.91. The quantitative estimate of drug-likeness (QED) is 0.863. The van der Waals surface area contributed by atoms with E-state index in [0.29, 0.717) is 10.9 Å². The van der Waals surface area contributed by atoms with E-state index in [9.17, 15) is 0 Å². The van der Waals surface area contributed by atoms with E-state index in [1.165, 1.54) is 24.0 Å². The molecule has 1 aliphatic heterocycles. The lowest BCUT2D eigenvalue weighted by atomic mass is 9.99. The Labute approximate surface area is 141 Å². The highest BCUT2D eigenvalue weighted by molar-refractivity contribution is 6.32. The molecule has 23 heavy (non-hydrogen) atoms. The van der Waals surface area contributed by atoms with Gasteiger partial charge < -0.3 is 9.30 Å². The third-order valence-electron chi connectivity index (χ3n) is 4.87. The first-order valence-corrected chi connectivity index (χ1v) is 8.49. The van der Waals surface area contributed by atoms with Gasteiger partial charge >= 0.3 is 0 Å². The van der Waals surface area contributed by atoms with Crippen LogP contribution in [0.1, 0.15) is 41.5 Å². The molecule has 4 rings (SSSR count). The highest BCUT2D eigenvalue weighted by Gasteiger charge is 2.29. The Morgan fingerprint density at radius 2 is 2.09 bits per heavy atom. The first kappa shape index (κ1) is 15.0. The van der Waals surface area contributed by atoms with Gasteiger partial charge in [0.2, 0.25) is 0 Å². The van der Waals surface area contributed by atoms with Crippen LogP contribution < -0.4 is 4.74 Å². The van der Waals surface area contributed by atoms with Gasteiger partial charge in [-0.25, -0.2) is 0 Å². The highest BCUT2D eigenvalue weighted by atomic mass is 35.5. The van der Waals surface area contributed by atoms with Gasteiger partial charge in [0.1, 0.15) is 17.4 Å². The molecular weight excluding hydrogens is 312 g/mol. The van der Waals surface area contributed by atoms with Crippen molar-refractivity contribution in [2.45, 2.75) is 38.3 Å². The second kappa shape index (κ2) is 5.80. The Bertz CT molecular complexity index is 738. The van der Waals surface area contributed by atoms with Crippen molar-refractivity contribution in [3.8, 4) is 5.75 Å². The molecule has 1 fully saturated rings. The van der Waals surface area contributed by atoms with Crippen molar-refractivity contribution in [3.05, 3.63) is 39.9 Å². The summed E-state index contributed by atoms with van der Waals surface area (Å²) in [5.74, 6) is 3.59. The van der Waals surface area contributed by atoms with Crippen molar-refractivity contribution in [1.82, 2.24) is 19.7 Å². The molecule has 0 unspecified atom stereocenters. The van der Waals surface area contributed by atoms with Crippen LogP contribution in [-0.4, -0.2) is 33.3 Å². The van der Waals surface area contributed by atoms with Crippen LogP contribution >= 0.6 is 11.6 Å². The van der Waals surface area contributed by atoms with E-state index in [2.05, 4.69) is 32.8 Å². The summed E-state index contributed by atoms with van der Waals surface area (Å²) in [4.78, 5) is 2.41. The van der Waals surface area contributed by atoms with Crippen molar-refractivity contribution >= 4 is 11.6 Å². The fourth-order valence-corrected chi connectivity index (χ4v) is 3.58. The summed E-state index contributed by atoms with van der Waals surface area (Å²) in [6, 6.07) is 4.11. The van der Waals surface area contributed by atoms with E-state index in [1.807, 2.05) is 6.07 Å². The lowest BCUT2D eigenvalue weighted by Crippen LogP contribution is -2.31. The minimum Gasteiger partial charge on any atom is -0.495 e. The second-order valence-electron chi connectivity index (χ2n) is 6.52. The molecule has 2 aromatic rings. The summed E-state index contributed by atoms with van der Waals surface area (Å²) >= 11 is 6.27. The number of fused-ring (bicyclic) bond motifs is 1. The molecule has 0 spiro atoms. The van der Waals surface area contributed by atoms with E-state index in [-0.39, 0.29) is 0 Å². The summed E-state index contributed by atoms with van der Waals surface area (Å²) in [5.41, 5.74) is 2.62. The topological polar surface area (TPSA) is 43.2 Å². The van der Waals surface area contributed by atoms with Crippen LogP contribution in [0.25, 0.3) is 0 Å². The Kier molecular flexibility index (Phi) is 3.77. The summed E-state index contributed by atoms with van der Waals surface area (Å²) < 4.78 is 7.49. The Morgan fingerprint density at radius 1 is 1.26 bits per heavy atom. The minimum absolute atomic E-state index is 0.634. The predicted molar refractivity (Wildman–Crippen MR) is 88.8 cm³/mol. The number of halogens is 1. The van der Waals surface area contributed by atoms with Crippen LogP contribution in [0.2, 0.25) is 5.02 Å². The van der Waals surface area contributed by atoms with E-state index in [0.717, 1.165) is 43.5 Å². The highest BCUT2D eigenvalue weighted by Crippen LogP contribution is 2.39. The van der Waals surface area contributed by atoms with Gasteiger partial charge in [0.25, 0.3) is 0 Å². The summed E-state index contributed by atoms with van der Waals surface area (Å²) in [5, 5.41) is 9.45. The number of hydrogen-bond acceptors (Lipinski definition) is 4. The summed E-state index contributed by atoms with van der Waals surface area (Å²) in [6.07, 6.45) is 3.52. The van der Waals surface area contributed by atoms with Gasteiger partial charge in [-0.15, -0.1) is 10.2 Å². The smallest absolute Gasteiger partial charge is 0.146 e. The molecule has 0 atom stereocenters. The molecule has 5 nitrogen and oxygen atoms in total. The molecule has 0 saturated heterocycles. The van der Waals surface area contributed by atoms with Crippen molar-refractivity contribution in [2.24, 2.45) is 7.05 Å². The SMILES string of the molecule is COc1cc2c(cc1Cl)CN(Cc1nnc(C3CC3)n1C)CC2. The third-order valence-corrected chi connectivity index (χ3v) is 5.17. The zero-order valence-electron chi connectivity index (χ0n) is 13.5. The third kappa shape index (κ3) is 2.83. The van der Waals surface area contributed by atoms with Crippen LogP contribution in [0.15, 0.2) is 12.1 Å². The second-order valence-corrected chi connectivity index (χ2v) is 6.93. The zero-order chi connectivity index (χ0) is 16.0. The number of benzene rings is 1. The van der Waals surface area contributed by atoms with Crippen molar-refractivity contribution in [1.29, 1.82) is 0 Å². The Balaban J connectivity index is 1.51. The Morgan fingerprint density at radius 3 is 2.83 bits per heavy atom. The summed E-state index contributed by atoms with van der Waals surface area (Å²) in [7, 11) is 3.75. The molecule has 0 N–H and O–H groups in total. The van der Waals surface area contributed by atoms with Crippen LogP contribution in [0.3, 0.4) is 0 Å². The first-order valence-electron chi connectivity index (χ1n) is 8.11. The van der Waals surface area contributed by atoms with Gasteiger partial charge in [-0.2, -0.15) is 0 Å². The minimum atomic E-state index is 0.634. The number of nitrogens with zero attached hydrogens (tertiary/aromatic N) is 4. The van der Waals surface area contributed by atoms with E-state index >= 15 is 0 Å². The van der Waals surface area contributed by atoms with Gasteiger partial charge in [0.05, 0.1) is 18.7 Å². The average Bonchev–Trinajstić information content (AvgIpc) is 3.32. The van der Waals surface area contributed by atoms with Crippen molar-refractivity contribution in [3.63, 3.8) is 0 Å². The molecule has 2 heterocycles. The van der Waals surface area contributed by atoms with Crippen molar-refractivity contribution < 1.29 is 4.74 Å². The number of aromatic nitrogens is 3. The molecular formula is C17H21ClN4O.